The van der Waals surface area contributed by atoms with E-state index in [1.165, 1.54) is 128 Å². The number of rotatable bonds is 38. The van der Waals surface area contributed by atoms with E-state index >= 15 is 0 Å². The molecule has 0 aliphatic heterocycles. The topological polar surface area (TPSA) is 219 Å². The van der Waals surface area contributed by atoms with Crippen LogP contribution in [0.15, 0.2) is 0 Å². The second-order valence-corrected chi connectivity index (χ2v) is 14.7. The van der Waals surface area contributed by atoms with Crippen molar-refractivity contribution in [2.45, 2.75) is 231 Å². The standard InChI is InChI=1S/2C21H39NO5.Mg/c2*1-2-3-4-5-6-7-8-9-10-11-12-13-14-15-19(23)22-18(21(26)27)16-17-20(24)25;/h2*18H,2-17H2,1H3,(H,22,23)(H,24,25)(H,26,27);/q;;+2/p-2/t2*18-;/m00./s1. The molecule has 0 heterocycles. The molecule has 0 unspecified atom stereocenters. The van der Waals surface area contributed by atoms with Gasteiger partial charge < -0.3 is 50.2 Å². The number of unbranched alkanes of at least 4 members (excludes halogenated alkanes) is 24. The van der Waals surface area contributed by atoms with Crippen molar-refractivity contribution in [3.05, 3.63) is 0 Å². The molecule has 0 aromatic carbocycles. The van der Waals surface area contributed by atoms with Crippen molar-refractivity contribution in [3.63, 3.8) is 0 Å². The van der Waals surface area contributed by atoms with E-state index in [9.17, 15) is 49.2 Å². The third-order valence-corrected chi connectivity index (χ3v) is 9.53. The Kier molecular flexibility index (Phi) is 44.2. The summed E-state index contributed by atoms with van der Waals surface area (Å²) in [5, 5.41) is 47.2. The molecule has 0 radical (unpaired) electrons. The van der Waals surface area contributed by atoms with Crippen LogP contribution in [0.1, 0.15) is 222 Å². The third-order valence-electron chi connectivity index (χ3n) is 9.53. The Bertz CT molecular complexity index is 918. The molecular formula is C42H76MgN2O10. The first-order chi connectivity index (χ1) is 25.9. The molecule has 2 N–H and O–H groups in total. The fourth-order valence-corrected chi connectivity index (χ4v) is 6.16. The number of hydrogen-bond donors (Lipinski definition) is 2. The van der Waals surface area contributed by atoms with Crippen LogP contribution >= 0.6 is 0 Å². The molecule has 0 saturated carbocycles. The van der Waals surface area contributed by atoms with E-state index in [1.54, 1.807) is 0 Å². The minimum absolute atomic E-state index is 0. The normalized spacial score (nSPS) is 11.7. The molecule has 55 heavy (non-hydrogen) atoms. The minimum Gasteiger partial charge on any atom is -0.550 e. The van der Waals surface area contributed by atoms with Crippen LogP contribution < -0.4 is 31.1 Å². The zero-order chi connectivity index (χ0) is 40.7. The van der Waals surface area contributed by atoms with Gasteiger partial charge in [-0.05, 0) is 38.5 Å². The van der Waals surface area contributed by atoms with Gasteiger partial charge >= 0.3 is 25.9 Å². The van der Waals surface area contributed by atoms with Crippen molar-refractivity contribution in [2.75, 3.05) is 0 Å². The number of hydrogen-bond acceptors (Lipinski definition) is 10. The summed E-state index contributed by atoms with van der Waals surface area (Å²) in [5.41, 5.74) is 0. The Morgan fingerprint density at radius 1 is 0.382 bits per heavy atom. The second-order valence-electron chi connectivity index (χ2n) is 14.7. The van der Waals surface area contributed by atoms with Gasteiger partial charge in [-0.3, -0.25) is 9.59 Å². The first-order valence-corrected chi connectivity index (χ1v) is 21.3. The molecule has 0 aromatic heterocycles. The van der Waals surface area contributed by atoms with Crippen LogP contribution in [0.3, 0.4) is 0 Å². The molecule has 2 atom stereocenters. The summed E-state index contributed by atoms with van der Waals surface area (Å²) in [7, 11) is 0. The number of carbonyl (C=O) groups excluding carboxylic acids is 6. The quantitative estimate of drug-likeness (QED) is 0.0667. The smallest absolute Gasteiger partial charge is 0.550 e. The zero-order valence-electron chi connectivity index (χ0n) is 36.6. The summed E-state index contributed by atoms with van der Waals surface area (Å²) < 4.78 is 0. The number of carboxylic acids is 4. The zero-order valence-corrected chi connectivity index (χ0v) is 36.0. The molecule has 12 nitrogen and oxygen atoms in total. The van der Waals surface area contributed by atoms with Crippen LogP contribution in [-0.2, 0) is 28.8 Å². The van der Waals surface area contributed by atoms with Crippen LogP contribution in [-0.4, -0.2) is 70.8 Å². The van der Waals surface area contributed by atoms with Crippen molar-refractivity contribution in [1.29, 1.82) is 0 Å². The van der Waals surface area contributed by atoms with Crippen molar-refractivity contribution in [3.8, 4) is 0 Å². The van der Waals surface area contributed by atoms with Crippen LogP contribution in [0.2, 0.25) is 0 Å². The molecule has 0 fully saturated rings. The van der Waals surface area contributed by atoms with E-state index in [2.05, 4.69) is 24.5 Å². The van der Waals surface area contributed by atoms with Crippen molar-refractivity contribution in [2.24, 2.45) is 0 Å². The molecule has 0 saturated heterocycles. The van der Waals surface area contributed by atoms with Crippen molar-refractivity contribution < 1.29 is 52.0 Å². The molecule has 316 valence electrons. The predicted octanol–water partition coefficient (Wildman–Crippen LogP) is 4.31. The third kappa shape index (κ3) is 44.2. The monoisotopic (exact) mass is 793 g/mol. The number of aliphatic carboxylic acids is 4. The summed E-state index contributed by atoms with van der Waals surface area (Å²) in [6.07, 6.45) is 30.8. The van der Waals surface area contributed by atoms with Gasteiger partial charge in [-0.15, -0.1) is 0 Å². The van der Waals surface area contributed by atoms with Crippen LogP contribution in [0, 0.1) is 0 Å². The summed E-state index contributed by atoms with van der Waals surface area (Å²) in [6, 6.07) is -2.53. The summed E-state index contributed by atoms with van der Waals surface area (Å²) in [6.45, 7) is 4.47. The molecule has 13 heteroatoms. The van der Waals surface area contributed by atoms with Crippen LogP contribution in [0.5, 0.6) is 0 Å². The number of carboxylic acid groups (broad SMARTS) is 4. The largest absolute Gasteiger partial charge is 2.00 e. The van der Waals surface area contributed by atoms with Crippen molar-refractivity contribution in [1.82, 2.24) is 10.6 Å². The molecule has 0 spiro atoms. The maximum absolute atomic E-state index is 11.7. The van der Waals surface area contributed by atoms with Gasteiger partial charge in [0, 0.05) is 24.8 Å². The summed E-state index contributed by atoms with van der Waals surface area (Å²) in [4.78, 5) is 66.0. The van der Waals surface area contributed by atoms with Crippen LogP contribution in [0.4, 0.5) is 0 Å². The van der Waals surface area contributed by atoms with Gasteiger partial charge in [0.15, 0.2) is 0 Å². The minimum atomic E-state index is -1.46. The Labute approximate surface area is 351 Å². The first-order valence-electron chi connectivity index (χ1n) is 21.3. The van der Waals surface area contributed by atoms with Gasteiger partial charge in [0.2, 0.25) is 11.8 Å². The van der Waals surface area contributed by atoms with Crippen molar-refractivity contribution >= 4 is 58.7 Å². The van der Waals surface area contributed by atoms with E-state index in [0.717, 1.165) is 25.7 Å². The fraction of sp³-hybridized carbons (Fsp3) is 0.857. The Morgan fingerprint density at radius 3 is 0.800 bits per heavy atom. The number of amides is 2. The average molecular weight is 793 g/mol. The summed E-state index contributed by atoms with van der Waals surface area (Å²) in [5.74, 6) is -6.35. The SMILES string of the molecule is CCCCCCCCCCCCCCCC(=O)N[C@@H](CCC(=O)[O-])C(=O)[O-].CCCCCCCCCCCCCCCC(=O)N[C@@H](CCC(=O)[O-])C(=O)[O-].[H+].[H+].[Mg+2]. The number of carbonyl (C=O) groups is 6. The van der Waals surface area contributed by atoms with E-state index in [0.29, 0.717) is 12.8 Å². The van der Waals surface area contributed by atoms with Gasteiger partial charge in [0.25, 0.3) is 0 Å². The molecular weight excluding hydrogens is 717 g/mol. The van der Waals surface area contributed by atoms with E-state index in [-0.39, 0.29) is 63.4 Å². The summed E-state index contributed by atoms with van der Waals surface area (Å²) >= 11 is 0. The molecule has 0 aromatic rings. The first kappa shape index (κ1) is 56.9. The van der Waals surface area contributed by atoms with E-state index in [1.807, 2.05) is 0 Å². The predicted molar refractivity (Wildman–Crippen MR) is 211 cm³/mol. The maximum Gasteiger partial charge on any atom is 2.00 e. The van der Waals surface area contributed by atoms with E-state index < -0.39 is 48.8 Å². The second kappa shape index (κ2) is 42.7. The average Bonchev–Trinajstić information content (AvgIpc) is 3.12. The number of nitrogens with one attached hydrogen (secondary N) is 2. The Balaban J connectivity index is -0.000000300. The Hall–Kier alpha value is -2.41. The van der Waals surface area contributed by atoms with Gasteiger partial charge in [-0.1, -0.05) is 168 Å². The maximum atomic E-state index is 11.7. The molecule has 0 bridgehead atoms. The molecule has 0 aliphatic carbocycles. The van der Waals surface area contributed by atoms with E-state index in [4.69, 9.17) is 0 Å². The fourth-order valence-electron chi connectivity index (χ4n) is 6.16. The molecule has 2 amide bonds. The molecule has 0 rings (SSSR count). The molecule has 0 aliphatic rings. The van der Waals surface area contributed by atoms with Gasteiger partial charge in [-0.2, -0.15) is 0 Å². The van der Waals surface area contributed by atoms with Gasteiger partial charge in [0.1, 0.15) is 0 Å². The Morgan fingerprint density at radius 2 is 0.600 bits per heavy atom. The van der Waals surface area contributed by atoms with Gasteiger partial charge in [-0.25, -0.2) is 0 Å². The van der Waals surface area contributed by atoms with Gasteiger partial charge in [0.05, 0.1) is 24.0 Å². The van der Waals surface area contributed by atoms with Crippen LogP contribution in [0.25, 0.3) is 0 Å².